The Morgan fingerprint density at radius 1 is 1.12 bits per heavy atom. The molecule has 0 bridgehead atoms. The molecule has 0 aliphatic heterocycles. The number of nitrogens with two attached hydrogens (primary N) is 1. The Bertz CT molecular complexity index is 534. The average molecular weight is 233 g/mol. The topological polar surface area (TPSA) is 86.7 Å². The molecule has 0 amide bonds. The molecule has 90 valence electrons. The van der Waals surface area contributed by atoms with Crippen molar-refractivity contribution in [1.29, 1.82) is 0 Å². The van der Waals surface area contributed by atoms with Gasteiger partial charge in [-0.1, -0.05) is 12.1 Å². The molecule has 17 heavy (non-hydrogen) atoms. The zero-order chi connectivity index (χ0) is 12.4. The van der Waals surface area contributed by atoms with Crippen molar-refractivity contribution in [2.75, 3.05) is 6.61 Å². The summed E-state index contributed by atoms with van der Waals surface area (Å²) >= 11 is 0. The molecule has 4 heteroatoms. The first-order valence-corrected chi connectivity index (χ1v) is 5.44. The molecule has 0 radical (unpaired) electrons. The molecule has 1 atom stereocenters. The Kier molecular flexibility index (Phi) is 3.17. The number of phenols is 2. The van der Waals surface area contributed by atoms with Gasteiger partial charge in [-0.05, 0) is 35.4 Å². The lowest BCUT2D eigenvalue weighted by atomic mass is 9.96. The lowest BCUT2D eigenvalue weighted by Crippen LogP contribution is -2.12. The smallest absolute Gasteiger partial charge is 0.120 e. The van der Waals surface area contributed by atoms with Crippen molar-refractivity contribution >= 4 is 10.8 Å². The van der Waals surface area contributed by atoms with Crippen LogP contribution in [0, 0.1) is 0 Å². The van der Waals surface area contributed by atoms with Crippen molar-refractivity contribution in [3.05, 3.63) is 35.9 Å². The summed E-state index contributed by atoms with van der Waals surface area (Å²) in [6, 6.07) is 7.80. The van der Waals surface area contributed by atoms with Gasteiger partial charge in [0.1, 0.15) is 11.5 Å². The molecule has 0 heterocycles. The van der Waals surface area contributed by atoms with Crippen LogP contribution in [0.2, 0.25) is 0 Å². The number of rotatable bonds is 3. The SMILES string of the molecule is NC(CCO)c1c(O)ccc2ccc(O)cc12. The Morgan fingerprint density at radius 3 is 2.53 bits per heavy atom. The number of hydrogen-bond donors (Lipinski definition) is 4. The molecular formula is C13H15NO3. The highest BCUT2D eigenvalue weighted by Crippen LogP contribution is 2.34. The summed E-state index contributed by atoms with van der Waals surface area (Å²) < 4.78 is 0. The highest BCUT2D eigenvalue weighted by Gasteiger charge is 2.14. The van der Waals surface area contributed by atoms with E-state index in [0.29, 0.717) is 17.4 Å². The fraction of sp³-hybridized carbons (Fsp3) is 0.231. The van der Waals surface area contributed by atoms with Gasteiger partial charge in [0.2, 0.25) is 0 Å². The van der Waals surface area contributed by atoms with Crippen LogP contribution in [0.15, 0.2) is 30.3 Å². The quantitative estimate of drug-likeness (QED) is 0.649. The predicted octanol–water partition coefficient (Wildman–Crippen LogP) is 1.63. The van der Waals surface area contributed by atoms with Gasteiger partial charge in [0.05, 0.1) is 0 Å². The average Bonchev–Trinajstić information content (AvgIpc) is 2.28. The summed E-state index contributed by atoms with van der Waals surface area (Å²) in [5.41, 5.74) is 6.48. The van der Waals surface area contributed by atoms with Crippen LogP contribution in [0.5, 0.6) is 11.5 Å². The molecule has 0 aliphatic carbocycles. The van der Waals surface area contributed by atoms with E-state index in [1.165, 1.54) is 0 Å². The zero-order valence-corrected chi connectivity index (χ0v) is 9.30. The minimum atomic E-state index is -0.453. The van der Waals surface area contributed by atoms with Crippen molar-refractivity contribution in [3.63, 3.8) is 0 Å². The summed E-state index contributed by atoms with van der Waals surface area (Å²) in [6.45, 7) is -0.0458. The maximum atomic E-state index is 9.85. The van der Waals surface area contributed by atoms with E-state index in [1.54, 1.807) is 30.3 Å². The first kappa shape index (κ1) is 11.7. The zero-order valence-electron chi connectivity index (χ0n) is 9.30. The lowest BCUT2D eigenvalue weighted by molar-refractivity contribution is 0.276. The number of aliphatic hydroxyl groups excluding tert-OH is 1. The van der Waals surface area contributed by atoms with Crippen LogP contribution in [0.3, 0.4) is 0 Å². The van der Waals surface area contributed by atoms with E-state index in [-0.39, 0.29) is 18.1 Å². The third-order valence-corrected chi connectivity index (χ3v) is 2.83. The van der Waals surface area contributed by atoms with Gasteiger partial charge in [0.25, 0.3) is 0 Å². The van der Waals surface area contributed by atoms with Gasteiger partial charge in [-0.2, -0.15) is 0 Å². The molecule has 0 saturated heterocycles. The predicted molar refractivity (Wildman–Crippen MR) is 65.9 cm³/mol. The molecule has 0 fully saturated rings. The van der Waals surface area contributed by atoms with Gasteiger partial charge in [0.15, 0.2) is 0 Å². The van der Waals surface area contributed by atoms with E-state index in [4.69, 9.17) is 10.8 Å². The van der Waals surface area contributed by atoms with Crippen molar-refractivity contribution in [3.8, 4) is 11.5 Å². The fourth-order valence-corrected chi connectivity index (χ4v) is 1.99. The van der Waals surface area contributed by atoms with E-state index in [9.17, 15) is 10.2 Å². The third kappa shape index (κ3) is 2.18. The van der Waals surface area contributed by atoms with Crippen LogP contribution < -0.4 is 5.73 Å². The number of aliphatic hydroxyl groups is 1. The molecule has 0 aliphatic rings. The fourth-order valence-electron chi connectivity index (χ4n) is 1.99. The van der Waals surface area contributed by atoms with Crippen LogP contribution in [0.4, 0.5) is 0 Å². The second-order valence-corrected chi connectivity index (χ2v) is 4.02. The maximum Gasteiger partial charge on any atom is 0.120 e. The van der Waals surface area contributed by atoms with Crippen molar-refractivity contribution in [1.82, 2.24) is 0 Å². The summed E-state index contributed by atoms with van der Waals surface area (Å²) in [4.78, 5) is 0. The largest absolute Gasteiger partial charge is 0.508 e. The number of hydrogen-bond acceptors (Lipinski definition) is 4. The van der Waals surface area contributed by atoms with E-state index >= 15 is 0 Å². The second-order valence-electron chi connectivity index (χ2n) is 4.02. The Labute approximate surface area is 98.9 Å². The molecule has 2 aromatic carbocycles. The number of aromatic hydroxyl groups is 2. The molecular weight excluding hydrogens is 218 g/mol. The Morgan fingerprint density at radius 2 is 1.82 bits per heavy atom. The van der Waals surface area contributed by atoms with Gasteiger partial charge in [0, 0.05) is 18.2 Å². The molecule has 5 N–H and O–H groups in total. The van der Waals surface area contributed by atoms with Gasteiger partial charge in [-0.15, -0.1) is 0 Å². The monoisotopic (exact) mass is 233 g/mol. The van der Waals surface area contributed by atoms with Gasteiger partial charge < -0.3 is 21.1 Å². The summed E-state index contributed by atoms with van der Waals surface area (Å²) in [5.74, 6) is 0.213. The summed E-state index contributed by atoms with van der Waals surface area (Å²) in [7, 11) is 0. The standard InChI is InChI=1S/C13H15NO3/c14-11(5-6-15)13-10-7-9(16)3-1-8(10)2-4-12(13)17/h1-4,7,11,15-17H,5-6,14H2. The molecule has 4 nitrogen and oxygen atoms in total. The van der Waals surface area contributed by atoms with Gasteiger partial charge >= 0.3 is 0 Å². The molecule has 2 aromatic rings. The Balaban J connectivity index is 2.65. The minimum absolute atomic E-state index is 0.0458. The number of benzene rings is 2. The van der Waals surface area contributed by atoms with Crippen molar-refractivity contribution in [2.45, 2.75) is 12.5 Å². The second kappa shape index (κ2) is 4.61. The molecule has 0 aromatic heterocycles. The molecule has 0 spiro atoms. The molecule has 0 saturated carbocycles. The minimum Gasteiger partial charge on any atom is -0.508 e. The van der Waals surface area contributed by atoms with Crippen molar-refractivity contribution < 1.29 is 15.3 Å². The first-order chi connectivity index (χ1) is 8.13. The number of fused-ring (bicyclic) bond motifs is 1. The van der Waals surface area contributed by atoms with Crippen molar-refractivity contribution in [2.24, 2.45) is 5.73 Å². The summed E-state index contributed by atoms with van der Waals surface area (Å²) in [6.07, 6.45) is 0.363. The Hall–Kier alpha value is -1.78. The number of phenolic OH excluding ortho intramolecular Hbond substituents is 2. The van der Waals surface area contributed by atoms with Crippen LogP contribution >= 0.6 is 0 Å². The van der Waals surface area contributed by atoms with E-state index in [0.717, 1.165) is 5.39 Å². The highest BCUT2D eigenvalue weighted by atomic mass is 16.3. The van der Waals surface area contributed by atoms with Crippen LogP contribution in [-0.4, -0.2) is 21.9 Å². The van der Waals surface area contributed by atoms with E-state index in [1.807, 2.05) is 0 Å². The molecule has 2 rings (SSSR count). The van der Waals surface area contributed by atoms with Crippen LogP contribution in [0.25, 0.3) is 10.8 Å². The summed E-state index contributed by atoms with van der Waals surface area (Å²) in [5, 5.41) is 29.8. The first-order valence-electron chi connectivity index (χ1n) is 5.44. The van der Waals surface area contributed by atoms with E-state index in [2.05, 4.69) is 0 Å². The van der Waals surface area contributed by atoms with Crippen LogP contribution in [-0.2, 0) is 0 Å². The van der Waals surface area contributed by atoms with E-state index < -0.39 is 6.04 Å². The normalized spacial score (nSPS) is 12.8. The van der Waals surface area contributed by atoms with Gasteiger partial charge in [-0.25, -0.2) is 0 Å². The molecule has 1 unspecified atom stereocenters. The maximum absolute atomic E-state index is 9.85. The van der Waals surface area contributed by atoms with Crippen LogP contribution in [0.1, 0.15) is 18.0 Å². The highest BCUT2D eigenvalue weighted by molar-refractivity contribution is 5.89. The van der Waals surface area contributed by atoms with Gasteiger partial charge in [-0.3, -0.25) is 0 Å². The third-order valence-electron chi connectivity index (χ3n) is 2.83. The lowest BCUT2D eigenvalue weighted by Gasteiger charge is -2.15.